The van der Waals surface area contributed by atoms with Gasteiger partial charge in [-0.3, -0.25) is 0 Å². The molecule has 0 saturated heterocycles. The van der Waals surface area contributed by atoms with Gasteiger partial charge in [0.2, 0.25) is 0 Å². The zero-order chi connectivity index (χ0) is 7.49. The molecule has 0 radical (unpaired) electrons. The Labute approximate surface area is 69.2 Å². The highest BCUT2D eigenvalue weighted by Gasteiger charge is 2.14. The van der Waals surface area contributed by atoms with Crippen molar-refractivity contribution in [3.05, 3.63) is 0 Å². The molecule has 1 atom stereocenters. The van der Waals surface area contributed by atoms with Crippen LogP contribution in [0, 0.1) is 5.41 Å². The molecule has 0 aliphatic heterocycles. The van der Waals surface area contributed by atoms with E-state index in [2.05, 4.69) is 20.8 Å². The minimum absolute atomic E-state index is 0. The van der Waals surface area contributed by atoms with Crippen molar-refractivity contribution in [2.24, 2.45) is 11.1 Å². The molecule has 0 rings (SSSR count). The lowest BCUT2D eigenvalue weighted by molar-refractivity contribution is 0.224. The summed E-state index contributed by atoms with van der Waals surface area (Å²) in [7, 11) is 0. The Bertz CT molecular complexity index is 80.2. The van der Waals surface area contributed by atoms with E-state index in [0.29, 0.717) is 0 Å². The number of aliphatic hydroxyl groups is 1. The second-order valence-corrected chi connectivity index (χ2v) is 3.71. The van der Waals surface area contributed by atoms with Gasteiger partial charge in [0.15, 0.2) is 0 Å². The Morgan fingerprint density at radius 3 is 1.90 bits per heavy atom. The fourth-order valence-electron chi connectivity index (χ4n) is 0.851. The van der Waals surface area contributed by atoms with E-state index in [1.807, 2.05) is 0 Å². The molecule has 3 heteroatoms. The first-order valence-electron chi connectivity index (χ1n) is 3.32. The van der Waals surface area contributed by atoms with Gasteiger partial charge in [0.25, 0.3) is 0 Å². The van der Waals surface area contributed by atoms with Crippen LogP contribution in [0.3, 0.4) is 0 Å². The Balaban J connectivity index is 0. The molecule has 0 amide bonds. The van der Waals surface area contributed by atoms with Crippen LogP contribution >= 0.6 is 12.4 Å². The summed E-state index contributed by atoms with van der Waals surface area (Å²) in [6.45, 7) is 6.44. The van der Waals surface area contributed by atoms with Crippen molar-refractivity contribution in [1.82, 2.24) is 0 Å². The highest BCUT2D eigenvalue weighted by atomic mass is 35.5. The van der Waals surface area contributed by atoms with Crippen LogP contribution in [0.5, 0.6) is 0 Å². The van der Waals surface area contributed by atoms with Gasteiger partial charge in [-0.2, -0.15) is 0 Å². The predicted octanol–water partition coefficient (Wildman–Crippen LogP) is 1.16. The van der Waals surface area contributed by atoms with E-state index in [0.717, 1.165) is 6.42 Å². The van der Waals surface area contributed by atoms with Crippen LogP contribution in [0.4, 0.5) is 0 Å². The first-order chi connectivity index (χ1) is 3.95. The van der Waals surface area contributed by atoms with Crippen LogP contribution in [-0.2, 0) is 0 Å². The number of nitrogens with two attached hydrogens (primary N) is 1. The number of aliphatic hydroxyl groups excluding tert-OH is 1. The van der Waals surface area contributed by atoms with Crippen LogP contribution < -0.4 is 5.73 Å². The Morgan fingerprint density at radius 2 is 1.80 bits per heavy atom. The fraction of sp³-hybridized carbons (Fsp3) is 1.00. The third kappa shape index (κ3) is 8.21. The van der Waals surface area contributed by atoms with E-state index in [1.54, 1.807) is 0 Å². The summed E-state index contributed by atoms with van der Waals surface area (Å²) < 4.78 is 0. The minimum atomic E-state index is -0.0509. The van der Waals surface area contributed by atoms with Gasteiger partial charge in [-0.1, -0.05) is 20.8 Å². The topological polar surface area (TPSA) is 46.2 Å². The third-order valence-corrected chi connectivity index (χ3v) is 1.11. The Hall–Kier alpha value is 0.210. The molecular weight excluding hydrogens is 150 g/mol. The summed E-state index contributed by atoms with van der Waals surface area (Å²) in [4.78, 5) is 0. The standard InChI is InChI=1S/C7H17NO.ClH/c1-7(2,3)4-6(8)5-9;/h6,9H,4-5,8H2,1-3H3;1H/t6-;/m1./s1. The summed E-state index contributed by atoms with van der Waals surface area (Å²) in [6, 6.07) is -0.0509. The molecule has 64 valence electrons. The average Bonchev–Trinajstić information content (AvgIpc) is 1.62. The molecule has 0 aliphatic carbocycles. The summed E-state index contributed by atoms with van der Waals surface area (Å²) in [5.41, 5.74) is 5.75. The molecule has 0 aliphatic rings. The van der Waals surface area contributed by atoms with Crippen molar-refractivity contribution in [1.29, 1.82) is 0 Å². The van der Waals surface area contributed by atoms with E-state index in [9.17, 15) is 0 Å². The van der Waals surface area contributed by atoms with E-state index in [1.165, 1.54) is 0 Å². The van der Waals surface area contributed by atoms with Gasteiger partial charge >= 0.3 is 0 Å². The number of hydrogen-bond acceptors (Lipinski definition) is 2. The van der Waals surface area contributed by atoms with Crippen LogP contribution in [0.1, 0.15) is 27.2 Å². The highest BCUT2D eigenvalue weighted by molar-refractivity contribution is 5.85. The van der Waals surface area contributed by atoms with Gasteiger partial charge in [0.05, 0.1) is 6.61 Å². The first kappa shape index (κ1) is 12.8. The van der Waals surface area contributed by atoms with Crippen molar-refractivity contribution < 1.29 is 5.11 Å². The number of halogens is 1. The number of rotatable bonds is 2. The first-order valence-corrected chi connectivity index (χ1v) is 3.32. The van der Waals surface area contributed by atoms with Crippen LogP contribution in [-0.4, -0.2) is 17.8 Å². The molecule has 2 nitrogen and oxygen atoms in total. The predicted molar refractivity (Wildman–Crippen MR) is 46.4 cm³/mol. The van der Waals surface area contributed by atoms with Crippen molar-refractivity contribution in [2.45, 2.75) is 33.2 Å². The van der Waals surface area contributed by atoms with Gasteiger partial charge in [-0.05, 0) is 11.8 Å². The number of hydrogen-bond donors (Lipinski definition) is 2. The molecule has 10 heavy (non-hydrogen) atoms. The molecule has 0 heterocycles. The van der Waals surface area contributed by atoms with E-state index >= 15 is 0 Å². The molecule has 0 unspecified atom stereocenters. The molecular formula is C7H18ClNO. The van der Waals surface area contributed by atoms with Gasteiger partial charge in [0, 0.05) is 6.04 Å². The molecule has 0 aromatic rings. The fourth-order valence-corrected chi connectivity index (χ4v) is 0.851. The highest BCUT2D eigenvalue weighted by Crippen LogP contribution is 2.19. The Morgan fingerprint density at radius 1 is 1.40 bits per heavy atom. The summed E-state index contributed by atoms with van der Waals surface area (Å²) in [6.07, 6.45) is 0.878. The van der Waals surface area contributed by atoms with E-state index < -0.39 is 0 Å². The van der Waals surface area contributed by atoms with Crippen LogP contribution in [0.2, 0.25) is 0 Å². The lowest BCUT2D eigenvalue weighted by Crippen LogP contribution is -2.29. The van der Waals surface area contributed by atoms with Crippen LogP contribution in [0.15, 0.2) is 0 Å². The average molecular weight is 168 g/mol. The van der Waals surface area contributed by atoms with E-state index in [4.69, 9.17) is 10.8 Å². The maximum Gasteiger partial charge on any atom is 0.0582 e. The lowest BCUT2D eigenvalue weighted by atomic mass is 9.89. The SMILES string of the molecule is CC(C)(C)C[C@@H](N)CO.Cl. The minimum Gasteiger partial charge on any atom is -0.395 e. The molecule has 0 spiro atoms. The van der Waals surface area contributed by atoms with Crippen molar-refractivity contribution >= 4 is 12.4 Å². The zero-order valence-corrected chi connectivity index (χ0v) is 7.74. The van der Waals surface area contributed by atoms with Gasteiger partial charge in [-0.15, -0.1) is 12.4 Å². The quantitative estimate of drug-likeness (QED) is 0.649. The summed E-state index contributed by atoms with van der Waals surface area (Å²) in [5, 5.41) is 8.57. The van der Waals surface area contributed by atoms with Crippen molar-refractivity contribution in [3.8, 4) is 0 Å². The molecule has 0 aromatic carbocycles. The maximum atomic E-state index is 8.57. The van der Waals surface area contributed by atoms with Crippen LogP contribution in [0.25, 0.3) is 0 Å². The molecule has 0 saturated carbocycles. The maximum absolute atomic E-state index is 8.57. The third-order valence-electron chi connectivity index (χ3n) is 1.11. The lowest BCUT2D eigenvalue weighted by Gasteiger charge is -2.21. The normalized spacial score (nSPS) is 14.1. The second kappa shape index (κ2) is 4.94. The smallest absolute Gasteiger partial charge is 0.0582 e. The molecule has 0 bridgehead atoms. The van der Waals surface area contributed by atoms with Gasteiger partial charge < -0.3 is 10.8 Å². The van der Waals surface area contributed by atoms with E-state index in [-0.39, 0.29) is 30.5 Å². The largest absolute Gasteiger partial charge is 0.395 e. The zero-order valence-electron chi connectivity index (χ0n) is 6.92. The van der Waals surface area contributed by atoms with Gasteiger partial charge in [-0.25, -0.2) is 0 Å². The molecule has 0 aromatic heterocycles. The summed E-state index contributed by atoms with van der Waals surface area (Å²) >= 11 is 0. The molecule has 0 fully saturated rings. The van der Waals surface area contributed by atoms with Crippen molar-refractivity contribution in [2.75, 3.05) is 6.61 Å². The monoisotopic (exact) mass is 167 g/mol. The van der Waals surface area contributed by atoms with Crippen molar-refractivity contribution in [3.63, 3.8) is 0 Å². The second-order valence-electron chi connectivity index (χ2n) is 3.71. The molecule has 3 N–H and O–H groups in total. The Kier molecular flexibility index (Phi) is 6.35. The summed E-state index contributed by atoms with van der Waals surface area (Å²) in [5.74, 6) is 0. The van der Waals surface area contributed by atoms with Gasteiger partial charge in [0.1, 0.15) is 0 Å².